The molecule has 1 saturated heterocycles. The van der Waals surface area contributed by atoms with Crippen LogP contribution in [-0.4, -0.2) is 18.5 Å². The van der Waals surface area contributed by atoms with E-state index in [9.17, 15) is 4.79 Å². The summed E-state index contributed by atoms with van der Waals surface area (Å²) >= 11 is 1.67. The summed E-state index contributed by atoms with van der Waals surface area (Å²) in [5, 5.41) is 9.26. The summed E-state index contributed by atoms with van der Waals surface area (Å²) in [5.41, 5.74) is 1.20. The number of carbonyl (C=O) groups excluding carboxylic acids is 1. The highest BCUT2D eigenvalue weighted by molar-refractivity contribution is 7.07. The number of rotatable bonds is 3. The smallest absolute Gasteiger partial charge is 0.278 e. The molecule has 1 fully saturated rings. The Morgan fingerprint density at radius 3 is 3.20 bits per heavy atom. The van der Waals surface area contributed by atoms with E-state index in [-0.39, 0.29) is 11.9 Å². The molecule has 2 heterocycles. The molecule has 1 aromatic heterocycles. The first-order chi connectivity index (χ1) is 7.36. The predicted octanol–water partition coefficient (Wildman–Crippen LogP) is 0.480. The lowest BCUT2D eigenvalue weighted by molar-refractivity contribution is -0.684. The molecule has 1 amide bonds. The first-order valence-electron chi connectivity index (χ1n) is 5.48. The van der Waals surface area contributed by atoms with Crippen molar-refractivity contribution in [1.29, 1.82) is 0 Å². The zero-order chi connectivity index (χ0) is 10.5. The second-order valence-electron chi connectivity index (χ2n) is 3.98. The fourth-order valence-corrected chi connectivity index (χ4v) is 2.57. The molecule has 0 radical (unpaired) electrons. The molecule has 4 heteroatoms. The van der Waals surface area contributed by atoms with Gasteiger partial charge in [0, 0.05) is 13.0 Å². The summed E-state index contributed by atoms with van der Waals surface area (Å²) in [6.45, 7) is 1.77. The van der Waals surface area contributed by atoms with Crippen molar-refractivity contribution in [1.82, 2.24) is 5.32 Å². The van der Waals surface area contributed by atoms with Crippen molar-refractivity contribution in [3.63, 3.8) is 0 Å². The number of quaternary nitrogens is 1. The average Bonchev–Trinajstić information content (AvgIpc) is 2.80. The maximum Gasteiger partial charge on any atom is 0.278 e. The van der Waals surface area contributed by atoms with Crippen LogP contribution in [0.4, 0.5) is 0 Å². The second-order valence-corrected chi connectivity index (χ2v) is 4.76. The van der Waals surface area contributed by atoms with Crippen LogP contribution < -0.4 is 10.6 Å². The molecule has 0 bridgehead atoms. The monoisotopic (exact) mass is 225 g/mol. The van der Waals surface area contributed by atoms with Gasteiger partial charge in [0.2, 0.25) is 0 Å². The maximum absolute atomic E-state index is 11.8. The van der Waals surface area contributed by atoms with E-state index in [1.807, 2.05) is 5.38 Å². The van der Waals surface area contributed by atoms with Gasteiger partial charge in [-0.2, -0.15) is 11.3 Å². The van der Waals surface area contributed by atoms with Gasteiger partial charge < -0.3 is 10.6 Å². The van der Waals surface area contributed by atoms with Crippen LogP contribution in [0.25, 0.3) is 0 Å². The Bertz CT molecular complexity index is 304. The number of hydrogen-bond acceptors (Lipinski definition) is 2. The third-order valence-corrected chi connectivity index (χ3v) is 3.54. The number of piperidine rings is 1. The highest BCUT2D eigenvalue weighted by Crippen LogP contribution is 2.06. The van der Waals surface area contributed by atoms with Crippen molar-refractivity contribution < 1.29 is 10.1 Å². The lowest BCUT2D eigenvalue weighted by atomic mass is 10.0. The summed E-state index contributed by atoms with van der Waals surface area (Å²) in [5.74, 6) is 0.195. The van der Waals surface area contributed by atoms with E-state index in [0.29, 0.717) is 6.54 Å². The molecular formula is C11H17N2OS+. The molecular weight excluding hydrogens is 208 g/mol. The largest absolute Gasteiger partial charge is 0.347 e. The molecule has 0 aromatic carbocycles. The van der Waals surface area contributed by atoms with Crippen LogP contribution >= 0.6 is 11.3 Å². The second kappa shape index (κ2) is 5.28. The molecule has 1 atom stereocenters. The van der Waals surface area contributed by atoms with Gasteiger partial charge in [0.15, 0.2) is 6.04 Å². The van der Waals surface area contributed by atoms with Crippen molar-refractivity contribution in [2.45, 2.75) is 31.8 Å². The molecule has 82 valence electrons. The summed E-state index contributed by atoms with van der Waals surface area (Å²) in [4.78, 5) is 11.8. The summed E-state index contributed by atoms with van der Waals surface area (Å²) in [6.07, 6.45) is 3.46. The fraction of sp³-hybridized carbons (Fsp3) is 0.545. The van der Waals surface area contributed by atoms with Crippen molar-refractivity contribution in [2.24, 2.45) is 0 Å². The zero-order valence-electron chi connectivity index (χ0n) is 8.74. The number of carbonyl (C=O) groups is 1. The topological polar surface area (TPSA) is 45.7 Å². The fourth-order valence-electron chi connectivity index (χ4n) is 1.90. The van der Waals surface area contributed by atoms with Gasteiger partial charge >= 0.3 is 0 Å². The molecule has 15 heavy (non-hydrogen) atoms. The number of nitrogens with two attached hydrogens (primary N) is 1. The molecule has 2 rings (SSSR count). The van der Waals surface area contributed by atoms with Crippen LogP contribution in [0.3, 0.4) is 0 Å². The van der Waals surface area contributed by atoms with Crippen LogP contribution in [0.15, 0.2) is 16.8 Å². The SMILES string of the molecule is O=C(NCc1ccsc1)[C@H]1CCCC[NH2+]1. The Hall–Kier alpha value is -0.870. The van der Waals surface area contributed by atoms with Gasteiger partial charge in [0.05, 0.1) is 6.54 Å². The van der Waals surface area contributed by atoms with Crippen molar-refractivity contribution in [3.05, 3.63) is 22.4 Å². The lowest BCUT2D eigenvalue weighted by Crippen LogP contribution is -2.93. The van der Waals surface area contributed by atoms with Crippen LogP contribution in [-0.2, 0) is 11.3 Å². The summed E-state index contributed by atoms with van der Waals surface area (Å²) < 4.78 is 0. The molecule has 1 aliphatic rings. The predicted molar refractivity (Wildman–Crippen MR) is 60.6 cm³/mol. The Balaban J connectivity index is 1.76. The van der Waals surface area contributed by atoms with E-state index in [1.165, 1.54) is 18.4 Å². The molecule has 1 aromatic rings. The first-order valence-corrected chi connectivity index (χ1v) is 6.42. The van der Waals surface area contributed by atoms with E-state index in [1.54, 1.807) is 11.3 Å². The standard InChI is InChI=1S/C11H16N2OS/c14-11(10-3-1-2-5-12-10)13-7-9-4-6-15-8-9/h4,6,8,10,12H,1-3,5,7H2,(H,13,14)/p+1/t10-/m1/s1. The van der Waals surface area contributed by atoms with Crippen LogP contribution in [0.1, 0.15) is 24.8 Å². The van der Waals surface area contributed by atoms with Gasteiger partial charge in [-0.15, -0.1) is 0 Å². The van der Waals surface area contributed by atoms with E-state index in [2.05, 4.69) is 22.1 Å². The molecule has 0 saturated carbocycles. The van der Waals surface area contributed by atoms with Crippen molar-refractivity contribution in [2.75, 3.05) is 6.54 Å². The third-order valence-electron chi connectivity index (χ3n) is 2.80. The Kier molecular flexibility index (Phi) is 3.75. The molecule has 0 aliphatic carbocycles. The van der Waals surface area contributed by atoms with E-state index < -0.39 is 0 Å². The normalized spacial score (nSPS) is 21.2. The Morgan fingerprint density at radius 1 is 1.60 bits per heavy atom. The van der Waals surface area contributed by atoms with E-state index in [0.717, 1.165) is 13.0 Å². The third kappa shape index (κ3) is 3.04. The molecule has 1 aliphatic heterocycles. The van der Waals surface area contributed by atoms with Crippen LogP contribution in [0, 0.1) is 0 Å². The van der Waals surface area contributed by atoms with Crippen LogP contribution in [0.2, 0.25) is 0 Å². The molecule has 3 N–H and O–H groups in total. The molecule has 0 spiro atoms. The minimum atomic E-state index is 0.150. The number of nitrogens with one attached hydrogen (secondary N) is 1. The highest BCUT2D eigenvalue weighted by Gasteiger charge is 2.23. The maximum atomic E-state index is 11.8. The number of amides is 1. The summed E-state index contributed by atoms with van der Waals surface area (Å²) in [6, 6.07) is 2.20. The average molecular weight is 225 g/mol. The zero-order valence-corrected chi connectivity index (χ0v) is 9.56. The molecule has 0 unspecified atom stereocenters. The van der Waals surface area contributed by atoms with Crippen molar-refractivity contribution in [3.8, 4) is 0 Å². The lowest BCUT2D eigenvalue weighted by Gasteiger charge is -2.19. The first kappa shape index (κ1) is 10.6. The van der Waals surface area contributed by atoms with Gasteiger partial charge in [0.25, 0.3) is 5.91 Å². The summed E-state index contributed by atoms with van der Waals surface area (Å²) in [7, 11) is 0. The van der Waals surface area contributed by atoms with Crippen molar-refractivity contribution >= 4 is 17.2 Å². The minimum Gasteiger partial charge on any atom is -0.347 e. The number of hydrogen-bond donors (Lipinski definition) is 2. The number of thiophene rings is 1. The Morgan fingerprint density at radius 2 is 2.53 bits per heavy atom. The minimum absolute atomic E-state index is 0.150. The van der Waals surface area contributed by atoms with Gasteiger partial charge in [0.1, 0.15) is 0 Å². The van der Waals surface area contributed by atoms with Gasteiger partial charge in [-0.3, -0.25) is 4.79 Å². The Labute approximate surface area is 93.9 Å². The highest BCUT2D eigenvalue weighted by atomic mass is 32.1. The van der Waals surface area contributed by atoms with Crippen LogP contribution in [0.5, 0.6) is 0 Å². The van der Waals surface area contributed by atoms with Gasteiger partial charge in [-0.05, 0) is 35.2 Å². The quantitative estimate of drug-likeness (QED) is 0.772. The molecule has 3 nitrogen and oxygen atoms in total. The van der Waals surface area contributed by atoms with E-state index >= 15 is 0 Å². The van der Waals surface area contributed by atoms with E-state index in [4.69, 9.17) is 0 Å². The van der Waals surface area contributed by atoms with Gasteiger partial charge in [-0.1, -0.05) is 0 Å². The van der Waals surface area contributed by atoms with Gasteiger partial charge in [-0.25, -0.2) is 0 Å².